The molecule has 3 rings (SSSR count). The zero-order valence-corrected chi connectivity index (χ0v) is 14.7. The average Bonchev–Trinajstić information content (AvgIpc) is 2.61. The van der Waals surface area contributed by atoms with Crippen molar-refractivity contribution in [1.82, 2.24) is 4.98 Å². The van der Waals surface area contributed by atoms with Crippen LogP contribution in [-0.4, -0.2) is 20.8 Å². The predicted molar refractivity (Wildman–Crippen MR) is 101 cm³/mol. The fourth-order valence-electron chi connectivity index (χ4n) is 2.54. The molecule has 0 aliphatic carbocycles. The molecule has 1 heterocycles. The second-order valence-corrected chi connectivity index (χ2v) is 7.75. The van der Waals surface area contributed by atoms with E-state index in [9.17, 15) is 9.90 Å². The highest BCUT2D eigenvalue weighted by atomic mass is 32.2. The van der Waals surface area contributed by atoms with Gasteiger partial charge in [0.25, 0.3) is 0 Å². The van der Waals surface area contributed by atoms with E-state index in [4.69, 9.17) is 6.57 Å². The molecule has 0 amide bonds. The minimum Gasteiger partial charge on any atom is -0.480 e. The maximum absolute atomic E-state index is 11.6. The van der Waals surface area contributed by atoms with Gasteiger partial charge in [0.15, 0.2) is 5.69 Å². The van der Waals surface area contributed by atoms with E-state index < -0.39 is 10.7 Å². The van der Waals surface area contributed by atoms with Gasteiger partial charge in [-0.1, -0.05) is 30.3 Å². The number of thioether (sulfide) groups is 1. The summed E-state index contributed by atoms with van der Waals surface area (Å²) in [6.07, 6.45) is 1.74. The lowest BCUT2D eigenvalue weighted by molar-refractivity contribution is -0.138. The molecule has 0 unspecified atom stereocenters. The smallest absolute Gasteiger partial charge is 0.319 e. The van der Waals surface area contributed by atoms with Gasteiger partial charge in [0.1, 0.15) is 4.75 Å². The van der Waals surface area contributed by atoms with Gasteiger partial charge in [-0.2, -0.15) is 0 Å². The highest BCUT2D eigenvalue weighted by molar-refractivity contribution is 8.01. The highest BCUT2D eigenvalue weighted by Gasteiger charge is 2.30. The van der Waals surface area contributed by atoms with Crippen molar-refractivity contribution in [2.24, 2.45) is 0 Å². The third-order valence-corrected chi connectivity index (χ3v) is 5.16. The summed E-state index contributed by atoms with van der Waals surface area (Å²) < 4.78 is -0.957. The second-order valence-electron chi connectivity index (χ2n) is 6.08. The Morgan fingerprint density at radius 3 is 2.52 bits per heavy atom. The number of fused-ring (bicyclic) bond motifs is 1. The van der Waals surface area contributed by atoms with Crippen LogP contribution in [0.2, 0.25) is 0 Å². The topological polar surface area (TPSA) is 54.5 Å². The van der Waals surface area contributed by atoms with E-state index in [1.165, 1.54) is 11.8 Å². The Kier molecular flexibility index (Phi) is 4.47. The summed E-state index contributed by atoms with van der Waals surface area (Å²) in [7, 11) is 0. The molecule has 2 aromatic carbocycles. The molecule has 0 radical (unpaired) electrons. The molecule has 5 heteroatoms. The summed E-state index contributed by atoms with van der Waals surface area (Å²) in [6.45, 7) is 10.5. The molecule has 0 saturated carbocycles. The first kappa shape index (κ1) is 17.0. The monoisotopic (exact) mass is 348 g/mol. The van der Waals surface area contributed by atoms with Crippen molar-refractivity contribution < 1.29 is 9.90 Å². The van der Waals surface area contributed by atoms with Crippen LogP contribution in [-0.2, 0) is 4.79 Å². The van der Waals surface area contributed by atoms with Gasteiger partial charge in [-0.25, -0.2) is 4.85 Å². The van der Waals surface area contributed by atoms with Gasteiger partial charge >= 0.3 is 5.97 Å². The van der Waals surface area contributed by atoms with Gasteiger partial charge in [0.2, 0.25) is 0 Å². The number of pyridine rings is 1. The van der Waals surface area contributed by atoms with E-state index >= 15 is 0 Å². The first-order valence-electron chi connectivity index (χ1n) is 7.70. The minimum absolute atomic E-state index is 0.571. The zero-order valence-electron chi connectivity index (χ0n) is 13.9. The van der Waals surface area contributed by atoms with E-state index in [0.29, 0.717) is 5.69 Å². The molecule has 1 N–H and O–H groups in total. The quantitative estimate of drug-likeness (QED) is 0.506. The number of carbonyl (C=O) groups is 1. The summed E-state index contributed by atoms with van der Waals surface area (Å²) >= 11 is 1.31. The molecule has 0 saturated heterocycles. The van der Waals surface area contributed by atoms with Crippen molar-refractivity contribution in [3.63, 3.8) is 0 Å². The third-order valence-electron chi connectivity index (χ3n) is 3.91. The van der Waals surface area contributed by atoms with E-state index in [1.807, 2.05) is 36.4 Å². The van der Waals surface area contributed by atoms with Gasteiger partial charge in [-0.3, -0.25) is 9.78 Å². The molecule has 0 aliphatic rings. The maximum Gasteiger partial charge on any atom is 0.319 e. The van der Waals surface area contributed by atoms with Gasteiger partial charge < -0.3 is 5.11 Å². The number of aromatic nitrogens is 1. The van der Waals surface area contributed by atoms with Gasteiger partial charge in [0, 0.05) is 22.0 Å². The summed E-state index contributed by atoms with van der Waals surface area (Å²) in [4.78, 5) is 20.3. The number of aliphatic carboxylic acids is 1. The number of hydrogen-bond donors (Lipinski definition) is 1. The third kappa shape index (κ3) is 3.35. The van der Waals surface area contributed by atoms with Crippen LogP contribution in [0.4, 0.5) is 5.69 Å². The average molecular weight is 348 g/mol. The summed E-state index contributed by atoms with van der Waals surface area (Å²) in [5.41, 5.74) is 3.31. The Balaban J connectivity index is 2.23. The van der Waals surface area contributed by atoms with Crippen molar-refractivity contribution >= 4 is 34.3 Å². The van der Waals surface area contributed by atoms with Crippen LogP contribution < -0.4 is 0 Å². The fraction of sp³-hybridized carbons (Fsp3) is 0.150. The lowest BCUT2D eigenvalue weighted by Gasteiger charge is -2.21. The van der Waals surface area contributed by atoms with Gasteiger partial charge in [-0.05, 0) is 37.6 Å². The number of carboxylic acids is 1. The number of rotatable bonds is 4. The number of nitrogens with zero attached hydrogens (tertiary/aromatic N) is 2. The number of carboxylic acid groups (broad SMARTS) is 1. The summed E-state index contributed by atoms with van der Waals surface area (Å²) in [5.74, 6) is -0.863. The minimum atomic E-state index is -0.957. The molecular formula is C20H16N2O2S. The van der Waals surface area contributed by atoms with E-state index in [0.717, 1.165) is 26.9 Å². The normalized spacial score (nSPS) is 11.2. The molecule has 0 fully saturated rings. The Bertz CT molecular complexity index is 989. The fourth-order valence-corrected chi connectivity index (χ4v) is 3.64. The standard InChI is InChI=1S/C20H16N2O2S/c1-20(2,19(23)24)25-17-11-10-16-15(5-4-12-22-16)18(17)13-6-8-14(21-3)9-7-13/h4-12H,1-2H3,(H,23,24). The van der Waals surface area contributed by atoms with Crippen LogP contribution in [0.5, 0.6) is 0 Å². The van der Waals surface area contributed by atoms with Crippen molar-refractivity contribution in [1.29, 1.82) is 0 Å². The van der Waals surface area contributed by atoms with Crippen molar-refractivity contribution in [2.45, 2.75) is 23.5 Å². The van der Waals surface area contributed by atoms with Crippen molar-refractivity contribution in [2.75, 3.05) is 0 Å². The van der Waals surface area contributed by atoms with E-state index in [1.54, 1.807) is 32.2 Å². The lowest BCUT2D eigenvalue weighted by Crippen LogP contribution is -2.27. The van der Waals surface area contributed by atoms with Crippen LogP contribution in [0.3, 0.4) is 0 Å². The SMILES string of the molecule is [C-]#[N+]c1ccc(-c2c(SC(C)(C)C(=O)O)ccc3ncccc23)cc1. The van der Waals surface area contributed by atoms with Crippen LogP contribution >= 0.6 is 11.8 Å². The van der Waals surface area contributed by atoms with Crippen LogP contribution in [0.15, 0.2) is 59.6 Å². The largest absolute Gasteiger partial charge is 0.480 e. The zero-order chi connectivity index (χ0) is 18.0. The first-order valence-corrected chi connectivity index (χ1v) is 8.52. The molecule has 124 valence electrons. The van der Waals surface area contributed by atoms with Crippen LogP contribution in [0.1, 0.15) is 13.8 Å². The van der Waals surface area contributed by atoms with Gasteiger partial charge in [0.05, 0.1) is 12.1 Å². The molecular weight excluding hydrogens is 332 g/mol. The Morgan fingerprint density at radius 1 is 1.16 bits per heavy atom. The molecule has 1 aromatic heterocycles. The van der Waals surface area contributed by atoms with Gasteiger partial charge in [-0.15, -0.1) is 11.8 Å². The van der Waals surface area contributed by atoms with Crippen LogP contribution in [0, 0.1) is 6.57 Å². The Hall–Kier alpha value is -2.84. The molecule has 3 aromatic rings. The first-order chi connectivity index (χ1) is 11.9. The molecule has 4 nitrogen and oxygen atoms in total. The number of benzene rings is 2. The van der Waals surface area contributed by atoms with E-state index in [2.05, 4.69) is 9.83 Å². The van der Waals surface area contributed by atoms with E-state index in [-0.39, 0.29) is 0 Å². The Labute approximate surface area is 150 Å². The van der Waals surface area contributed by atoms with Crippen LogP contribution in [0.25, 0.3) is 26.9 Å². The summed E-state index contributed by atoms with van der Waals surface area (Å²) in [6, 6.07) is 15.0. The molecule has 0 bridgehead atoms. The lowest BCUT2D eigenvalue weighted by atomic mass is 10.0. The molecule has 0 spiro atoms. The van der Waals surface area contributed by atoms with Crippen molar-refractivity contribution in [3.05, 3.63) is 66.1 Å². The molecule has 0 atom stereocenters. The maximum atomic E-state index is 11.6. The van der Waals surface area contributed by atoms with Crippen molar-refractivity contribution in [3.8, 4) is 11.1 Å². The highest BCUT2D eigenvalue weighted by Crippen LogP contribution is 2.42. The predicted octanol–water partition coefficient (Wildman–Crippen LogP) is 5.41. The summed E-state index contributed by atoms with van der Waals surface area (Å²) in [5, 5.41) is 10.4. The molecule has 0 aliphatic heterocycles. The molecule has 25 heavy (non-hydrogen) atoms. The second kappa shape index (κ2) is 6.58. The number of hydrogen-bond acceptors (Lipinski definition) is 3. The Morgan fingerprint density at radius 2 is 1.88 bits per heavy atom.